The van der Waals surface area contributed by atoms with E-state index in [1.165, 1.54) is 0 Å². The molecule has 1 saturated heterocycles. The van der Waals surface area contributed by atoms with Crippen LogP contribution in [-0.2, 0) is 0 Å². The third-order valence-electron chi connectivity index (χ3n) is 3.42. The first-order valence-electron chi connectivity index (χ1n) is 6.74. The summed E-state index contributed by atoms with van der Waals surface area (Å²) in [4.78, 5) is 13.6. The molecule has 0 aliphatic carbocycles. The van der Waals surface area contributed by atoms with Gasteiger partial charge in [-0.1, -0.05) is 11.3 Å². The van der Waals surface area contributed by atoms with Gasteiger partial charge < -0.3 is 9.80 Å². The van der Waals surface area contributed by atoms with Crippen LogP contribution in [-0.4, -0.2) is 46.3 Å². The van der Waals surface area contributed by atoms with E-state index in [2.05, 4.69) is 30.0 Å². The van der Waals surface area contributed by atoms with Crippen LogP contribution in [0.15, 0.2) is 6.20 Å². The molecule has 0 atom stereocenters. The van der Waals surface area contributed by atoms with Crippen molar-refractivity contribution in [1.82, 2.24) is 20.2 Å². The van der Waals surface area contributed by atoms with E-state index in [0.717, 1.165) is 53.5 Å². The predicted molar refractivity (Wildman–Crippen MR) is 80.6 cm³/mol. The molecule has 2 aromatic heterocycles. The lowest BCUT2D eigenvalue weighted by Gasteiger charge is -2.35. The van der Waals surface area contributed by atoms with Crippen molar-refractivity contribution in [3.05, 3.63) is 22.6 Å². The third kappa shape index (κ3) is 2.58. The van der Waals surface area contributed by atoms with E-state index in [1.807, 2.05) is 27.0 Å². The number of hydrogen-bond acceptors (Lipinski definition) is 7. The van der Waals surface area contributed by atoms with E-state index >= 15 is 0 Å². The molecule has 6 nitrogen and oxygen atoms in total. The molecule has 0 saturated carbocycles. The molecule has 106 valence electrons. The van der Waals surface area contributed by atoms with E-state index in [1.54, 1.807) is 11.3 Å². The first-order valence-corrected chi connectivity index (χ1v) is 7.55. The SMILES string of the molecule is Cc1cnc(C)c(N2CCN(c3nnc(C)s3)CC2)n1. The number of nitrogens with zero attached hydrogens (tertiary/aromatic N) is 6. The van der Waals surface area contributed by atoms with Crippen LogP contribution in [0.5, 0.6) is 0 Å². The molecule has 0 aromatic carbocycles. The lowest BCUT2D eigenvalue weighted by Crippen LogP contribution is -2.47. The number of hydrogen-bond donors (Lipinski definition) is 0. The monoisotopic (exact) mass is 290 g/mol. The normalized spacial score (nSPS) is 15.8. The third-order valence-corrected chi connectivity index (χ3v) is 4.32. The number of piperazine rings is 1. The smallest absolute Gasteiger partial charge is 0.208 e. The number of aryl methyl sites for hydroxylation is 3. The van der Waals surface area contributed by atoms with E-state index < -0.39 is 0 Å². The standard InChI is InChI=1S/C13H18N6S/c1-9-8-14-10(2)12(15-9)18-4-6-19(7-5-18)13-17-16-11(3)20-13/h8H,4-7H2,1-3H3. The van der Waals surface area contributed by atoms with Crippen molar-refractivity contribution in [3.63, 3.8) is 0 Å². The Morgan fingerprint density at radius 2 is 1.70 bits per heavy atom. The van der Waals surface area contributed by atoms with Crippen LogP contribution >= 0.6 is 11.3 Å². The van der Waals surface area contributed by atoms with Crippen molar-refractivity contribution in [2.24, 2.45) is 0 Å². The van der Waals surface area contributed by atoms with E-state index in [0.29, 0.717) is 0 Å². The van der Waals surface area contributed by atoms with Crippen LogP contribution in [0.4, 0.5) is 10.9 Å². The van der Waals surface area contributed by atoms with Gasteiger partial charge in [-0.05, 0) is 20.8 Å². The second-order valence-electron chi connectivity index (χ2n) is 5.00. The Balaban J connectivity index is 1.70. The van der Waals surface area contributed by atoms with Crippen molar-refractivity contribution in [3.8, 4) is 0 Å². The van der Waals surface area contributed by atoms with Crippen LogP contribution in [0.2, 0.25) is 0 Å². The molecule has 7 heteroatoms. The van der Waals surface area contributed by atoms with Crippen molar-refractivity contribution >= 4 is 22.3 Å². The minimum atomic E-state index is 0.942. The van der Waals surface area contributed by atoms with Gasteiger partial charge in [0.05, 0.1) is 11.4 Å². The number of rotatable bonds is 2. The summed E-state index contributed by atoms with van der Waals surface area (Å²) >= 11 is 1.65. The van der Waals surface area contributed by atoms with Gasteiger partial charge >= 0.3 is 0 Å². The Kier molecular flexibility index (Phi) is 3.52. The van der Waals surface area contributed by atoms with Gasteiger partial charge in [0, 0.05) is 32.4 Å². The molecule has 20 heavy (non-hydrogen) atoms. The Morgan fingerprint density at radius 1 is 1.00 bits per heavy atom. The molecule has 0 unspecified atom stereocenters. The molecule has 2 aromatic rings. The zero-order valence-electron chi connectivity index (χ0n) is 12.0. The summed E-state index contributed by atoms with van der Waals surface area (Å²) in [6.07, 6.45) is 1.82. The predicted octanol–water partition coefficient (Wildman–Crippen LogP) is 1.58. The Bertz CT molecular complexity index is 603. The fourth-order valence-corrected chi connectivity index (χ4v) is 3.09. The van der Waals surface area contributed by atoms with Gasteiger partial charge in [0.25, 0.3) is 0 Å². The molecule has 0 bridgehead atoms. The zero-order valence-corrected chi connectivity index (χ0v) is 12.8. The molecule has 0 amide bonds. The van der Waals surface area contributed by atoms with Gasteiger partial charge in [-0.25, -0.2) is 4.98 Å². The van der Waals surface area contributed by atoms with Gasteiger partial charge in [-0.2, -0.15) is 0 Å². The van der Waals surface area contributed by atoms with E-state index in [4.69, 9.17) is 0 Å². The van der Waals surface area contributed by atoms with Crippen molar-refractivity contribution < 1.29 is 0 Å². The lowest BCUT2D eigenvalue weighted by molar-refractivity contribution is 0.640. The minimum absolute atomic E-state index is 0.942. The highest BCUT2D eigenvalue weighted by molar-refractivity contribution is 7.15. The summed E-state index contributed by atoms with van der Waals surface area (Å²) in [7, 11) is 0. The topological polar surface area (TPSA) is 58.0 Å². The molecule has 0 spiro atoms. The van der Waals surface area contributed by atoms with Gasteiger partial charge in [0.1, 0.15) is 10.8 Å². The molecule has 1 fully saturated rings. The minimum Gasteiger partial charge on any atom is -0.352 e. The highest BCUT2D eigenvalue weighted by Gasteiger charge is 2.22. The summed E-state index contributed by atoms with van der Waals surface area (Å²) < 4.78 is 0. The maximum atomic E-state index is 4.62. The van der Waals surface area contributed by atoms with Gasteiger partial charge in [-0.3, -0.25) is 4.98 Å². The average molecular weight is 290 g/mol. The van der Waals surface area contributed by atoms with Crippen molar-refractivity contribution in [2.75, 3.05) is 36.0 Å². The lowest BCUT2D eigenvalue weighted by atomic mass is 10.3. The van der Waals surface area contributed by atoms with Gasteiger partial charge in [-0.15, -0.1) is 10.2 Å². The Morgan fingerprint density at radius 3 is 2.35 bits per heavy atom. The molecule has 1 aliphatic heterocycles. The molecule has 3 heterocycles. The molecule has 1 aliphatic rings. The van der Waals surface area contributed by atoms with E-state index in [-0.39, 0.29) is 0 Å². The van der Waals surface area contributed by atoms with Crippen LogP contribution in [0.1, 0.15) is 16.4 Å². The Hall–Kier alpha value is -1.76. The highest BCUT2D eigenvalue weighted by atomic mass is 32.1. The second kappa shape index (κ2) is 5.32. The number of anilines is 2. The van der Waals surface area contributed by atoms with E-state index in [9.17, 15) is 0 Å². The summed E-state index contributed by atoms with van der Waals surface area (Å²) in [5.41, 5.74) is 1.96. The van der Waals surface area contributed by atoms with Crippen LogP contribution in [0.3, 0.4) is 0 Å². The highest BCUT2D eigenvalue weighted by Crippen LogP contribution is 2.23. The summed E-state index contributed by atoms with van der Waals surface area (Å²) in [6.45, 7) is 9.77. The largest absolute Gasteiger partial charge is 0.352 e. The molecule has 0 radical (unpaired) electrons. The fourth-order valence-electron chi connectivity index (χ4n) is 2.35. The van der Waals surface area contributed by atoms with Crippen molar-refractivity contribution in [1.29, 1.82) is 0 Å². The van der Waals surface area contributed by atoms with Crippen LogP contribution in [0.25, 0.3) is 0 Å². The summed E-state index contributed by atoms with van der Waals surface area (Å²) in [5, 5.41) is 10.3. The van der Waals surface area contributed by atoms with Gasteiger partial charge in [0.15, 0.2) is 0 Å². The quantitative estimate of drug-likeness (QED) is 0.837. The zero-order chi connectivity index (χ0) is 14.1. The maximum absolute atomic E-state index is 4.62. The molecule has 3 rings (SSSR count). The summed E-state index contributed by atoms with van der Waals surface area (Å²) in [6, 6.07) is 0. The molecular formula is C13H18N6S. The van der Waals surface area contributed by atoms with Crippen LogP contribution < -0.4 is 9.80 Å². The second-order valence-corrected chi connectivity index (χ2v) is 6.16. The molecule has 0 N–H and O–H groups in total. The average Bonchev–Trinajstić information content (AvgIpc) is 2.88. The van der Waals surface area contributed by atoms with Gasteiger partial charge in [0.2, 0.25) is 5.13 Å². The number of aromatic nitrogens is 4. The fraction of sp³-hybridized carbons (Fsp3) is 0.538. The van der Waals surface area contributed by atoms with Crippen LogP contribution in [0, 0.1) is 20.8 Å². The first kappa shape index (κ1) is 13.2. The first-order chi connectivity index (χ1) is 9.63. The molecular weight excluding hydrogens is 272 g/mol. The van der Waals surface area contributed by atoms with Crippen molar-refractivity contribution in [2.45, 2.75) is 20.8 Å². The summed E-state index contributed by atoms with van der Waals surface area (Å²) in [5.74, 6) is 1.01. The maximum Gasteiger partial charge on any atom is 0.208 e. The Labute approximate surface area is 122 Å².